The first-order valence-corrected chi connectivity index (χ1v) is 9.14. The number of carbonyl (C=O) groups is 1. The van der Waals surface area contributed by atoms with Crippen molar-refractivity contribution in [3.63, 3.8) is 0 Å². The third kappa shape index (κ3) is 3.19. The highest BCUT2D eigenvalue weighted by atomic mass is 32.1. The smallest absolute Gasteiger partial charge is 0.253 e. The lowest BCUT2D eigenvalue weighted by Crippen LogP contribution is -2.47. The molecule has 4 rings (SSSR count). The predicted molar refractivity (Wildman–Crippen MR) is 90.8 cm³/mol. The monoisotopic (exact) mass is 344 g/mol. The molecule has 2 aromatic heterocycles. The van der Waals surface area contributed by atoms with E-state index in [1.54, 1.807) is 35.9 Å². The highest BCUT2D eigenvalue weighted by Crippen LogP contribution is 2.30. The van der Waals surface area contributed by atoms with Crippen LogP contribution in [-0.4, -0.2) is 52.1 Å². The standard InChI is InChI=1S/C17H20N4O2S/c22-17(12-3-1-5-18-9-12)20-13-10-21(11-15-19-6-8-24-15)14-4-2-7-23-16(13)14/h1,3,5-6,8-9,13-14,16H,2,4,7,10-11H2,(H,20,22)/t13-,14-,16-/m0/s1. The Bertz CT molecular complexity index is 679. The maximum atomic E-state index is 12.5. The third-order valence-electron chi connectivity index (χ3n) is 4.69. The molecule has 1 N–H and O–H groups in total. The average Bonchev–Trinajstić information content (AvgIpc) is 3.25. The molecule has 2 fully saturated rings. The van der Waals surface area contributed by atoms with Gasteiger partial charge in [0, 0.05) is 43.2 Å². The number of hydrogen-bond acceptors (Lipinski definition) is 6. The molecule has 7 heteroatoms. The molecule has 0 radical (unpaired) electrons. The number of nitrogens with zero attached hydrogens (tertiary/aromatic N) is 3. The molecule has 4 heterocycles. The largest absolute Gasteiger partial charge is 0.374 e. The highest BCUT2D eigenvalue weighted by molar-refractivity contribution is 7.09. The van der Waals surface area contributed by atoms with Crippen molar-refractivity contribution in [2.45, 2.75) is 37.6 Å². The van der Waals surface area contributed by atoms with Crippen molar-refractivity contribution in [2.24, 2.45) is 0 Å². The van der Waals surface area contributed by atoms with E-state index in [0.717, 1.165) is 37.5 Å². The molecule has 2 saturated heterocycles. The van der Waals surface area contributed by atoms with Crippen LogP contribution in [0.4, 0.5) is 0 Å². The van der Waals surface area contributed by atoms with E-state index in [9.17, 15) is 4.79 Å². The van der Waals surface area contributed by atoms with Crippen LogP contribution in [0.5, 0.6) is 0 Å². The second-order valence-electron chi connectivity index (χ2n) is 6.22. The maximum Gasteiger partial charge on any atom is 0.253 e. The zero-order valence-electron chi connectivity index (χ0n) is 13.3. The van der Waals surface area contributed by atoms with Crippen LogP contribution in [0.3, 0.4) is 0 Å². The summed E-state index contributed by atoms with van der Waals surface area (Å²) in [5, 5.41) is 6.25. The highest BCUT2D eigenvalue weighted by Gasteiger charge is 2.44. The van der Waals surface area contributed by atoms with Crippen LogP contribution in [-0.2, 0) is 11.3 Å². The zero-order valence-corrected chi connectivity index (χ0v) is 14.1. The minimum atomic E-state index is -0.0860. The van der Waals surface area contributed by atoms with Crippen molar-refractivity contribution >= 4 is 17.2 Å². The Hall–Kier alpha value is -1.83. The van der Waals surface area contributed by atoms with Crippen molar-refractivity contribution in [1.82, 2.24) is 20.2 Å². The van der Waals surface area contributed by atoms with Gasteiger partial charge in [0.15, 0.2) is 0 Å². The molecule has 0 aromatic carbocycles. The summed E-state index contributed by atoms with van der Waals surface area (Å²) in [6.45, 7) is 2.38. The summed E-state index contributed by atoms with van der Waals surface area (Å²) in [4.78, 5) is 23.3. The van der Waals surface area contributed by atoms with E-state index in [4.69, 9.17) is 4.74 Å². The summed E-state index contributed by atoms with van der Waals surface area (Å²) in [6.07, 6.45) is 7.33. The molecule has 1 amide bonds. The minimum Gasteiger partial charge on any atom is -0.374 e. The van der Waals surface area contributed by atoms with Gasteiger partial charge < -0.3 is 10.1 Å². The van der Waals surface area contributed by atoms with Gasteiger partial charge in [-0.25, -0.2) is 4.98 Å². The molecular formula is C17H20N4O2S. The lowest BCUT2D eigenvalue weighted by atomic mass is 10.0. The van der Waals surface area contributed by atoms with Crippen molar-refractivity contribution in [1.29, 1.82) is 0 Å². The molecule has 6 nitrogen and oxygen atoms in total. The summed E-state index contributed by atoms with van der Waals surface area (Å²) in [6, 6.07) is 3.91. The third-order valence-corrected chi connectivity index (χ3v) is 5.46. The Labute approximate surface area is 144 Å². The van der Waals surface area contributed by atoms with Gasteiger partial charge in [0.25, 0.3) is 5.91 Å². The van der Waals surface area contributed by atoms with Crippen LogP contribution in [0.15, 0.2) is 36.1 Å². The van der Waals surface area contributed by atoms with Gasteiger partial charge >= 0.3 is 0 Å². The van der Waals surface area contributed by atoms with Gasteiger partial charge in [-0.05, 0) is 25.0 Å². The van der Waals surface area contributed by atoms with Crippen molar-refractivity contribution in [2.75, 3.05) is 13.2 Å². The lowest BCUT2D eigenvalue weighted by molar-refractivity contribution is -0.0211. The van der Waals surface area contributed by atoms with Crippen LogP contribution in [0, 0.1) is 0 Å². The SMILES string of the molecule is O=C(N[C@H]1CN(Cc2nccs2)[C@H]2CCCO[C@@H]12)c1cccnc1. The fourth-order valence-corrected chi connectivity index (χ4v) is 4.26. The first-order chi connectivity index (χ1) is 11.8. The Morgan fingerprint density at radius 2 is 2.42 bits per heavy atom. The molecule has 0 unspecified atom stereocenters. The predicted octanol–water partition coefficient (Wildman–Crippen LogP) is 1.70. The number of rotatable bonds is 4. The van der Waals surface area contributed by atoms with E-state index in [1.165, 1.54) is 0 Å². The molecule has 0 bridgehead atoms. The second-order valence-corrected chi connectivity index (χ2v) is 7.20. The molecule has 0 saturated carbocycles. The number of hydrogen-bond donors (Lipinski definition) is 1. The van der Waals surface area contributed by atoms with E-state index in [0.29, 0.717) is 11.6 Å². The summed E-state index contributed by atoms with van der Waals surface area (Å²) in [5.41, 5.74) is 0.586. The fourth-order valence-electron chi connectivity index (χ4n) is 3.62. The zero-order chi connectivity index (χ0) is 16.4. The summed E-state index contributed by atoms with van der Waals surface area (Å²) >= 11 is 1.67. The molecule has 2 aliphatic rings. The van der Waals surface area contributed by atoms with Gasteiger partial charge in [0.2, 0.25) is 0 Å². The van der Waals surface area contributed by atoms with E-state index in [1.807, 2.05) is 11.6 Å². The molecule has 0 spiro atoms. The average molecular weight is 344 g/mol. The lowest BCUT2D eigenvalue weighted by Gasteiger charge is -2.32. The van der Waals surface area contributed by atoms with Crippen LogP contribution in [0.1, 0.15) is 28.2 Å². The number of fused-ring (bicyclic) bond motifs is 1. The fraction of sp³-hybridized carbons (Fsp3) is 0.471. The van der Waals surface area contributed by atoms with Gasteiger partial charge in [0.05, 0.1) is 24.3 Å². The first kappa shape index (κ1) is 15.7. The van der Waals surface area contributed by atoms with Gasteiger partial charge in [-0.15, -0.1) is 11.3 Å². The molecule has 3 atom stereocenters. The molecule has 2 aliphatic heterocycles. The summed E-state index contributed by atoms with van der Waals surface area (Å²) in [5.74, 6) is -0.0860. The second kappa shape index (κ2) is 6.96. The van der Waals surface area contributed by atoms with Crippen molar-refractivity contribution < 1.29 is 9.53 Å². The Balaban J connectivity index is 1.47. The minimum absolute atomic E-state index is 0.00275. The van der Waals surface area contributed by atoms with Gasteiger partial charge in [-0.3, -0.25) is 14.7 Å². The topological polar surface area (TPSA) is 67.4 Å². The molecule has 2 aromatic rings. The normalized spacial score (nSPS) is 26.9. The Morgan fingerprint density at radius 3 is 3.21 bits per heavy atom. The van der Waals surface area contributed by atoms with Crippen LogP contribution < -0.4 is 5.32 Å². The van der Waals surface area contributed by atoms with Crippen LogP contribution in [0.25, 0.3) is 0 Å². The molecular weight excluding hydrogens is 324 g/mol. The van der Waals surface area contributed by atoms with Crippen molar-refractivity contribution in [3.8, 4) is 0 Å². The Kier molecular flexibility index (Phi) is 4.55. The number of amides is 1. The Morgan fingerprint density at radius 1 is 1.46 bits per heavy atom. The number of aromatic nitrogens is 2. The van der Waals surface area contributed by atoms with E-state index in [-0.39, 0.29) is 18.1 Å². The van der Waals surface area contributed by atoms with Gasteiger partial charge in [-0.1, -0.05) is 0 Å². The van der Waals surface area contributed by atoms with Crippen LogP contribution >= 0.6 is 11.3 Å². The molecule has 24 heavy (non-hydrogen) atoms. The molecule has 126 valence electrons. The molecule has 0 aliphatic carbocycles. The maximum absolute atomic E-state index is 12.5. The van der Waals surface area contributed by atoms with E-state index < -0.39 is 0 Å². The van der Waals surface area contributed by atoms with E-state index >= 15 is 0 Å². The number of nitrogens with one attached hydrogen (secondary N) is 1. The quantitative estimate of drug-likeness (QED) is 0.914. The number of thiazole rings is 1. The van der Waals surface area contributed by atoms with Crippen LogP contribution in [0.2, 0.25) is 0 Å². The van der Waals surface area contributed by atoms with Crippen molar-refractivity contribution in [3.05, 3.63) is 46.7 Å². The van der Waals surface area contributed by atoms with E-state index in [2.05, 4.69) is 20.2 Å². The number of carbonyl (C=O) groups excluding carboxylic acids is 1. The summed E-state index contributed by atoms with van der Waals surface area (Å²) in [7, 11) is 0. The number of pyridine rings is 1. The number of ether oxygens (including phenoxy) is 1. The first-order valence-electron chi connectivity index (χ1n) is 8.26. The summed E-state index contributed by atoms with van der Waals surface area (Å²) < 4.78 is 6.01. The van der Waals surface area contributed by atoms with Gasteiger partial charge in [0.1, 0.15) is 5.01 Å². The van der Waals surface area contributed by atoms with Gasteiger partial charge in [-0.2, -0.15) is 0 Å². The number of likely N-dealkylation sites (tertiary alicyclic amines) is 1.